The molecule has 144 valence electrons. The van der Waals surface area contributed by atoms with Crippen molar-refractivity contribution < 1.29 is 13.6 Å². The minimum Gasteiger partial charge on any atom is -0.335 e. The van der Waals surface area contributed by atoms with Gasteiger partial charge in [-0.05, 0) is 25.0 Å². The number of hydrogen-bond donors (Lipinski definition) is 0. The largest absolute Gasteiger partial charge is 0.347 e. The molecule has 1 fully saturated rings. The minimum atomic E-state index is -2.86. The first-order valence-electron chi connectivity index (χ1n) is 8.80. The van der Waals surface area contributed by atoms with Crippen LogP contribution in [0.25, 0.3) is 0 Å². The number of alkyl halides is 2. The maximum atomic E-state index is 13.5. The number of hydrogen-bond acceptors (Lipinski definition) is 4. The molecular weight excluding hydrogens is 380 g/mol. The summed E-state index contributed by atoms with van der Waals surface area (Å²) in [5, 5.41) is 4.64. The quantitative estimate of drug-likeness (QED) is 0.741. The Hall–Kier alpha value is -2.29. The lowest BCUT2D eigenvalue weighted by Gasteiger charge is -2.27. The van der Waals surface area contributed by atoms with Crippen LogP contribution in [0.1, 0.15) is 36.8 Å². The highest BCUT2D eigenvalue weighted by molar-refractivity contribution is 6.29. The first kappa shape index (κ1) is 18.1. The Morgan fingerprint density at radius 1 is 1.37 bits per heavy atom. The zero-order valence-corrected chi connectivity index (χ0v) is 15.2. The van der Waals surface area contributed by atoms with Crippen LogP contribution in [-0.2, 0) is 17.8 Å². The molecule has 10 heteroatoms. The van der Waals surface area contributed by atoms with E-state index < -0.39 is 30.1 Å². The maximum Gasteiger partial charge on any atom is 0.347 e. The Balaban J connectivity index is 1.62. The zero-order chi connectivity index (χ0) is 19.2. The predicted molar refractivity (Wildman–Crippen MR) is 93.0 cm³/mol. The summed E-state index contributed by atoms with van der Waals surface area (Å²) >= 11 is 5.88. The molecule has 0 radical (unpaired) electrons. The number of nitrogens with zero attached hydrogens (tertiary/aromatic N) is 5. The van der Waals surface area contributed by atoms with Crippen LogP contribution in [0.15, 0.2) is 23.0 Å². The van der Waals surface area contributed by atoms with Gasteiger partial charge in [0.1, 0.15) is 17.0 Å². The third-order valence-corrected chi connectivity index (χ3v) is 5.19. The molecule has 0 bridgehead atoms. The van der Waals surface area contributed by atoms with Crippen molar-refractivity contribution in [1.82, 2.24) is 24.2 Å². The number of likely N-dealkylation sites (tertiary alicyclic amines) is 1. The maximum absolute atomic E-state index is 13.5. The van der Waals surface area contributed by atoms with E-state index >= 15 is 0 Å². The molecule has 2 aromatic heterocycles. The SMILES string of the molecule is O=C([C@@H]1CCCc2nn(Cc3cccc(Cl)n3)c(=O)n21)N1CCC(F)(F)C1. The molecule has 27 heavy (non-hydrogen) atoms. The van der Waals surface area contributed by atoms with Crippen molar-refractivity contribution >= 4 is 17.5 Å². The Morgan fingerprint density at radius 3 is 2.89 bits per heavy atom. The molecule has 0 unspecified atom stereocenters. The van der Waals surface area contributed by atoms with Crippen molar-refractivity contribution in [3.8, 4) is 0 Å². The predicted octanol–water partition coefficient (Wildman–Crippen LogP) is 1.89. The third-order valence-electron chi connectivity index (χ3n) is 4.98. The first-order chi connectivity index (χ1) is 12.8. The highest BCUT2D eigenvalue weighted by atomic mass is 35.5. The number of amides is 1. The lowest BCUT2D eigenvalue weighted by Crippen LogP contribution is -2.42. The van der Waals surface area contributed by atoms with Crippen molar-refractivity contribution in [2.24, 2.45) is 0 Å². The van der Waals surface area contributed by atoms with Gasteiger partial charge in [0.05, 0.1) is 18.8 Å². The van der Waals surface area contributed by atoms with Crippen molar-refractivity contribution in [3.63, 3.8) is 0 Å². The van der Waals surface area contributed by atoms with Gasteiger partial charge in [0.25, 0.3) is 5.92 Å². The van der Waals surface area contributed by atoms with Gasteiger partial charge in [0.15, 0.2) is 0 Å². The molecule has 0 aliphatic carbocycles. The van der Waals surface area contributed by atoms with E-state index in [1.165, 1.54) is 9.25 Å². The van der Waals surface area contributed by atoms with E-state index in [4.69, 9.17) is 11.6 Å². The normalized spacial score (nSPS) is 21.3. The highest BCUT2D eigenvalue weighted by Gasteiger charge is 2.43. The van der Waals surface area contributed by atoms with Gasteiger partial charge in [-0.3, -0.25) is 9.36 Å². The van der Waals surface area contributed by atoms with Crippen LogP contribution in [0.3, 0.4) is 0 Å². The molecule has 1 atom stereocenters. The smallest absolute Gasteiger partial charge is 0.335 e. The summed E-state index contributed by atoms with van der Waals surface area (Å²) in [4.78, 5) is 30.9. The van der Waals surface area contributed by atoms with Crippen LogP contribution in [0.2, 0.25) is 5.15 Å². The van der Waals surface area contributed by atoms with Gasteiger partial charge >= 0.3 is 5.69 Å². The van der Waals surface area contributed by atoms with Gasteiger partial charge in [-0.1, -0.05) is 17.7 Å². The topological polar surface area (TPSA) is 73.0 Å². The van der Waals surface area contributed by atoms with Crippen LogP contribution in [0, 0.1) is 0 Å². The average Bonchev–Trinajstić information content (AvgIpc) is 3.14. The summed E-state index contributed by atoms with van der Waals surface area (Å²) < 4.78 is 29.6. The van der Waals surface area contributed by atoms with Gasteiger partial charge in [-0.15, -0.1) is 0 Å². The van der Waals surface area contributed by atoms with Crippen molar-refractivity contribution in [2.75, 3.05) is 13.1 Å². The molecular formula is C17H18ClF2N5O2. The fourth-order valence-corrected chi connectivity index (χ4v) is 3.88. The van der Waals surface area contributed by atoms with Gasteiger partial charge in [0.2, 0.25) is 5.91 Å². The van der Waals surface area contributed by atoms with Crippen molar-refractivity contribution in [3.05, 3.63) is 45.4 Å². The Bertz CT molecular complexity index is 942. The van der Waals surface area contributed by atoms with E-state index in [9.17, 15) is 18.4 Å². The Labute approximate surface area is 158 Å². The average molecular weight is 398 g/mol. The number of carbonyl (C=O) groups excluding carboxylic acids is 1. The monoisotopic (exact) mass is 397 g/mol. The molecule has 0 aromatic carbocycles. The lowest BCUT2D eigenvalue weighted by molar-refractivity contribution is -0.135. The standard InChI is InChI=1S/C17H18ClF2N5O2/c18-13-5-1-3-11(21-13)9-24-16(27)25-12(4-2-6-14(25)22-24)15(26)23-8-7-17(19,20)10-23/h1,3,5,12H,2,4,6-10H2/t12-/m0/s1. The second kappa shape index (κ2) is 6.70. The van der Waals surface area contributed by atoms with E-state index in [1.807, 2.05) is 0 Å². The number of aryl methyl sites for hydroxylation is 1. The van der Waals surface area contributed by atoms with Crippen molar-refractivity contribution in [1.29, 1.82) is 0 Å². The van der Waals surface area contributed by atoms with E-state index in [-0.39, 0.29) is 19.5 Å². The lowest BCUT2D eigenvalue weighted by atomic mass is 10.0. The van der Waals surface area contributed by atoms with E-state index in [0.29, 0.717) is 35.9 Å². The highest BCUT2D eigenvalue weighted by Crippen LogP contribution is 2.31. The van der Waals surface area contributed by atoms with E-state index in [1.54, 1.807) is 18.2 Å². The summed E-state index contributed by atoms with van der Waals surface area (Å²) in [5.41, 5.74) is 0.137. The zero-order valence-electron chi connectivity index (χ0n) is 14.4. The Morgan fingerprint density at radius 2 is 2.19 bits per heavy atom. The summed E-state index contributed by atoms with van der Waals surface area (Å²) in [7, 11) is 0. The van der Waals surface area contributed by atoms with E-state index in [0.717, 1.165) is 4.90 Å². The first-order valence-corrected chi connectivity index (χ1v) is 9.18. The van der Waals surface area contributed by atoms with Gasteiger partial charge in [-0.25, -0.2) is 23.2 Å². The number of carbonyl (C=O) groups is 1. The number of halogens is 3. The molecule has 2 aliphatic rings. The molecule has 2 aromatic rings. The Kier molecular flexibility index (Phi) is 4.49. The number of aromatic nitrogens is 4. The van der Waals surface area contributed by atoms with Gasteiger partial charge < -0.3 is 4.90 Å². The molecule has 1 saturated heterocycles. The van der Waals surface area contributed by atoms with E-state index in [2.05, 4.69) is 10.1 Å². The van der Waals surface area contributed by atoms with Crippen LogP contribution in [0.4, 0.5) is 8.78 Å². The molecule has 4 rings (SSSR count). The summed E-state index contributed by atoms with van der Waals surface area (Å²) in [6.45, 7) is -0.456. The molecule has 0 spiro atoms. The van der Waals surface area contributed by atoms with Crippen molar-refractivity contribution in [2.45, 2.75) is 44.2 Å². The van der Waals surface area contributed by atoms with Crippen LogP contribution >= 0.6 is 11.6 Å². The summed E-state index contributed by atoms with van der Waals surface area (Å²) in [6.07, 6.45) is 1.33. The number of rotatable bonds is 3. The molecule has 0 saturated carbocycles. The van der Waals surface area contributed by atoms with Gasteiger partial charge in [-0.2, -0.15) is 5.10 Å². The summed E-state index contributed by atoms with van der Waals surface area (Å²) in [6, 6.07) is 4.31. The molecule has 0 N–H and O–H groups in total. The van der Waals surface area contributed by atoms with Crippen LogP contribution in [0.5, 0.6) is 0 Å². The van der Waals surface area contributed by atoms with Crippen LogP contribution < -0.4 is 5.69 Å². The fourth-order valence-electron chi connectivity index (χ4n) is 3.69. The second-order valence-electron chi connectivity index (χ2n) is 6.95. The minimum absolute atomic E-state index is 0.00693. The van der Waals surface area contributed by atoms with Gasteiger partial charge in [0, 0.05) is 19.4 Å². The number of pyridine rings is 1. The molecule has 4 heterocycles. The molecule has 2 aliphatic heterocycles. The molecule has 1 amide bonds. The fraction of sp³-hybridized carbons (Fsp3) is 0.529. The molecule has 7 nitrogen and oxygen atoms in total. The van der Waals surface area contributed by atoms with Crippen LogP contribution in [-0.4, -0.2) is 49.2 Å². The number of fused-ring (bicyclic) bond motifs is 1. The summed E-state index contributed by atoms with van der Waals surface area (Å²) in [5.74, 6) is -2.80. The second-order valence-corrected chi connectivity index (χ2v) is 7.34. The third kappa shape index (κ3) is 3.47.